The number of ether oxygens (including phenoxy) is 2. The van der Waals surface area contributed by atoms with Crippen molar-refractivity contribution < 1.29 is 23.0 Å². The second-order valence-electron chi connectivity index (χ2n) is 8.74. The minimum atomic E-state index is -1.63. The molecule has 2 unspecified atom stereocenters. The molecule has 0 heterocycles. The van der Waals surface area contributed by atoms with Crippen LogP contribution < -0.4 is 9.47 Å². The SMILES string of the molecule is CCCO[P+](=O)CC(C)c1cccc(OCC2CCC(c3cc(OC)ccc3F)CC2)c1. The van der Waals surface area contributed by atoms with Gasteiger partial charge >= 0.3 is 8.03 Å². The zero-order valence-corrected chi connectivity index (χ0v) is 20.3. The molecule has 3 rings (SSSR count). The van der Waals surface area contributed by atoms with Crippen molar-refractivity contribution >= 4 is 8.03 Å². The summed E-state index contributed by atoms with van der Waals surface area (Å²) in [5, 5.41) is 0. The largest absolute Gasteiger partial charge is 0.508 e. The summed E-state index contributed by atoms with van der Waals surface area (Å²) in [7, 11) is -0.0197. The fourth-order valence-corrected chi connectivity index (χ4v) is 5.45. The summed E-state index contributed by atoms with van der Waals surface area (Å²) in [4.78, 5) is 0. The molecule has 2 aromatic carbocycles. The molecule has 174 valence electrons. The molecular formula is C26H35FO4P+. The molecule has 0 radical (unpaired) electrons. The van der Waals surface area contributed by atoms with E-state index >= 15 is 0 Å². The Morgan fingerprint density at radius 1 is 1.09 bits per heavy atom. The van der Waals surface area contributed by atoms with E-state index in [1.807, 2.05) is 31.2 Å². The van der Waals surface area contributed by atoms with Gasteiger partial charge in [0, 0.05) is 5.92 Å². The molecule has 32 heavy (non-hydrogen) atoms. The van der Waals surface area contributed by atoms with E-state index in [1.165, 1.54) is 6.07 Å². The fraction of sp³-hybridized carbons (Fsp3) is 0.538. The van der Waals surface area contributed by atoms with Gasteiger partial charge in [-0.25, -0.2) is 4.39 Å². The van der Waals surface area contributed by atoms with E-state index < -0.39 is 8.03 Å². The summed E-state index contributed by atoms with van der Waals surface area (Å²) in [6, 6.07) is 13.1. The molecule has 0 bridgehead atoms. The summed E-state index contributed by atoms with van der Waals surface area (Å²) in [5.41, 5.74) is 1.88. The Bertz CT molecular complexity index is 880. The van der Waals surface area contributed by atoms with Crippen LogP contribution in [-0.4, -0.2) is 26.5 Å². The lowest BCUT2D eigenvalue weighted by Crippen LogP contribution is -2.20. The quantitative estimate of drug-likeness (QED) is 0.326. The maximum atomic E-state index is 14.3. The molecular weight excluding hydrogens is 426 g/mol. The van der Waals surface area contributed by atoms with Crippen LogP contribution in [0, 0.1) is 11.7 Å². The van der Waals surface area contributed by atoms with Crippen molar-refractivity contribution in [2.75, 3.05) is 26.5 Å². The van der Waals surface area contributed by atoms with Crippen LogP contribution in [-0.2, 0) is 9.09 Å². The second-order valence-corrected chi connectivity index (χ2v) is 10.0. The molecule has 0 N–H and O–H groups in total. The highest BCUT2D eigenvalue weighted by atomic mass is 31.1. The Morgan fingerprint density at radius 3 is 2.59 bits per heavy atom. The van der Waals surface area contributed by atoms with Crippen LogP contribution in [0.25, 0.3) is 0 Å². The number of hydrogen-bond acceptors (Lipinski definition) is 4. The van der Waals surface area contributed by atoms with Gasteiger partial charge in [0.15, 0.2) is 6.16 Å². The molecule has 1 saturated carbocycles. The first-order valence-corrected chi connectivity index (χ1v) is 13.0. The van der Waals surface area contributed by atoms with Gasteiger partial charge in [-0.3, -0.25) is 0 Å². The summed E-state index contributed by atoms with van der Waals surface area (Å²) in [6.45, 7) is 5.29. The zero-order chi connectivity index (χ0) is 22.9. The normalized spacial score (nSPS) is 19.9. The van der Waals surface area contributed by atoms with E-state index in [0.29, 0.717) is 31.0 Å². The number of rotatable bonds is 11. The average molecular weight is 462 g/mol. The van der Waals surface area contributed by atoms with E-state index in [0.717, 1.165) is 49.0 Å². The van der Waals surface area contributed by atoms with E-state index in [-0.39, 0.29) is 17.7 Å². The Balaban J connectivity index is 1.49. The third kappa shape index (κ3) is 7.02. The maximum absolute atomic E-state index is 14.3. The highest BCUT2D eigenvalue weighted by molar-refractivity contribution is 7.39. The highest BCUT2D eigenvalue weighted by Crippen LogP contribution is 2.38. The van der Waals surface area contributed by atoms with Crippen molar-refractivity contribution in [1.29, 1.82) is 0 Å². The van der Waals surface area contributed by atoms with Gasteiger partial charge in [-0.1, -0.05) is 26.0 Å². The highest BCUT2D eigenvalue weighted by Gasteiger charge is 2.26. The van der Waals surface area contributed by atoms with Gasteiger partial charge in [-0.2, -0.15) is 0 Å². The molecule has 1 aliphatic rings. The molecule has 0 aromatic heterocycles. The van der Waals surface area contributed by atoms with E-state index in [9.17, 15) is 8.96 Å². The monoisotopic (exact) mass is 461 g/mol. The number of hydrogen-bond donors (Lipinski definition) is 0. The van der Waals surface area contributed by atoms with Gasteiger partial charge in [-0.15, -0.1) is 4.52 Å². The Kier molecular flexibility index (Phi) is 9.50. The number of benzene rings is 2. The van der Waals surface area contributed by atoms with Gasteiger partial charge in [-0.05, 0) is 90.0 Å². The second kappa shape index (κ2) is 12.3. The van der Waals surface area contributed by atoms with Crippen LogP contribution in [0.2, 0.25) is 0 Å². The zero-order valence-electron chi connectivity index (χ0n) is 19.4. The summed E-state index contributed by atoms with van der Waals surface area (Å²) >= 11 is 0. The van der Waals surface area contributed by atoms with E-state index in [2.05, 4.69) is 13.0 Å². The molecule has 0 amide bonds. The lowest BCUT2D eigenvalue weighted by atomic mass is 9.79. The molecule has 1 fully saturated rings. The van der Waals surface area contributed by atoms with E-state index in [1.54, 1.807) is 13.2 Å². The molecule has 6 heteroatoms. The fourth-order valence-electron chi connectivity index (χ4n) is 4.30. The first-order valence-electron chi connectivity index (χ1n) is 11.6. The molecule has 1 aliphatic carbocycles. The lowest BCUT2D eigenvalue weighted by Gasteiger charge is -2.29. The van der Waals surface area contributed by atoms with Crippen LogP contribution in [0.15, 0.2) is 42.5 Å². The molecule has 4 nitrogen and oxygen atoms in total. The summed E-state index contributed by atoms with van der Waals surface area (Å²) in [6.07, 6.45) is 5.35. The van der Waals surface area contributed by atoms with Crippen molar-refractivity contribution in [2.24, 2.45) is 5.92 Å². The third-order valence-electron chi connectivity index (χ3n) is 6.26. The maximum Gasteiger partial charge on any atom is 0.508 e. The van der Waals surface area contributed by atoms with Crippen LogP contribution in [0.1, 0.15) is 68.9 Å². The standard InChI is InChI=1S/C26H35FO4P/c1-4-14-31-32(28)18-19(2)22-6-5-7-24(15-22)30-17-20-8-10-21(11-9-20)25-16-23(29-3)12-13-26(25)27/h5-7,12-13,15-16,19-21H,4,8-11,14,17-18H2,1-3H3/q+1. The van der Waals surface area contributed by atoms with Crippen molar-refractivity contribution in [3.63, 3.8) is 0 Å². The van der Waals surface area contributed by atoms with Gasteiger partial charge in [0.25, 0.3) is 0 Å². The smallest absolute Gasteiger partial charge is 0.497 e. The molecule has 0 spiro atoms. The third-order valence-corrected chi connectivity index (χ3v) is 7.58. The predicted octanol–water partition coefficient (Wildman–Crippen LogP) is 7.46. The number of methoxy groups -OCH3 is 1. The van der Waals surface area contributed by atoms with Crippen LogP contribution in [0.3, 0.4) is 0 Å². The molecule has 0 saturated heterocycles. The summed E-state index contributed by atoms with van der Waals surface area (Å²) in [5.74, 6) is 2.27. The van der Waals surface area contributed by atoms with Crippen LogP contribution in [0.5, 0.6) is 11.5 Å². The van der Waals surface area contributed by atoms with Gasteiger partial charge < -0.3 is 9.47 Å². The minimum absolute atomic E-state index is 0.140. The Morgan fingerprint density at radius 2 is 1.88 bits per heavy atom. The first kappa shape index (κ1) is 24.7. The van der Waals surface area contributed by atoms with Crippen molar-refractivity contribution in [2.45, 2.75) is 57.8 Å². The molecule has 2 aromatic rings. The van der Waals surface area contributed by atoms with Crippen molar-refractivity contribution in [3.05, 3.63) is 59.4 Å². The van der Waals surface area contributed by atoms with Crippen LogP contribution in [0.4, 0.5) is 4.39 Å². The van der Waals surface area contributed by atoms with Crippen LogP contribution >= 0.6 is 8.03 Å². The lowest BCUT2D eigenvalue weighted by molar-refractivity contribution is 0.199. The van der Waals surface area contributed by atoms with E-state index in [4.69, 9.17) is 14.0 Å². The number of halogens is 1. The Hall–Kier alpha value is -1.97. The van der Waals surface area contributed by atoms with Gasteiger partial charge in [0.1, 0.15) is 23.9 Å². The average Bonchev–Trinajstić information content (AvgIpc) is 2.82. The first-order chi connectivity index (χ1) is 15.5. The predicted molar refractivity (Wildman–Crippen MR) is 127 cm³/mol. The van der Waals surface area contributed by atoms with Gasteiger partial charge in [0.05, 0.1) is 13.7 Å². The minimum Gasteiger partial charge on any atom is -0.497 e. The molecule has 2 atom stereocenters. The van der Waals surface area contributed by atoms with Crippen molar-refractivity contribution in [3.8, 4) is 11.5 Å². The van der Waals surface area contributed by atoms with Crippen molar-refractivity contribution in [1.82, 2.24) is 0 Å². The summed E-state index contributed by atoms with van der Waals surface area (Å²) < 4.78 is 43.1. The Labute approximate surface area is 192 Å². The molecule has 0 aliphatic heterocycles. The topological polar surface area (TPSA) is 44.8 Å². The van der Waals surface area contributed by atoms with Gasteiger partial charge in [0.2, 0.25) is 0 Å².